The highest BCUT2D eigenvalue weighted by atomic mass is 35.5. The Kier molecular flexibility index (Phi) is 2.86. The summed E-state index contributed by atoms with van der Waals surface area (Å²) >= 11 is 11.9. The minimum Gasteiger partial charge on any atom is -0.279 e. The van der Waals surface area contributed by atoms with Gasteiger partial charge in [-0.1, -0.05) is 37.0 Å². The smallest absolute Gasteiger partial charge is 0.205 e. The minimum atomic E-state index is 0.0995. The Hall–Kier alpha value is -1.13. The minimum absolute atomic E-state index is 0.0995. The van der Waals surface area contributed by atoms with E-state index < -0.39 is 0 Å². The third kappa shape index (κ3) is 1.68. The van der Waals surface area contributed by atoms with E-state index in [1.807, 2.05) is 13.8 Å². The summed E-state index contributed by atoms with van der Waals surface area (Å²) in [5.41, 5.74) is 1.13. The summed E-state index contributed by atoms with van der Waals surface area (Å²) in [5.74, 6) is 0.358. The van der Waals surface area contributed by atoms with Crippen LogP contribution in [-0.2, 0) is 0 Å². The molecular formula is C10H9Cl2N3O. The summed E-state index contributed by atoms with van der Waals surface area (Å²) < 4.78 is 1.52. The second-order valence-electron chi connectivity index (χ2n) is 3.77. The first kappa shape index (κ1) is 11.4. The van der Waals surface area contributed by atoms with Gasteiger partial charge in [-0.3, -0.25) is 4.40 Å². The number of halogens is 2. The molecule has 2 aromatic heterocycles. The lowest BCUT2D eigenvalue weighted by Crippen LogP contribution is -1.87. The Balaban J connectivity index is 2.87. The van der Waals surface area contributed by atoms with Crippen LogP contribution in [0.25, 0.3) is 5.65 Å². The van der Waals surface area contributed by atoms with Gasteiger partial charge in [-0.15, -0.1) is 4.91 Å². The van der Waals surface area contributed by atoms with E-state index in [1.54, 1.807) is 12.3 Å². The van der Waals surface area contributed by atoms with Crippen molar-refractivity contribution in [2.75, 3.05) is 0 Å². The first-order chi connectivity index (χ1) is 7.54. The summed E-state index contributed by atoms with van der Waals surface area (Å²) in [6.45, 7) is 3.87. The van der Waals surface area contributed by atoms with Crippen molar-refractivity contribution < 1.29 is 0 Å². The molecule has 0 spiro atoms. The number of nitroso groups, excluding NO2 is 1. The third-order valence-corrected chi connectivity index (χ3v) is 2.76. The number of aromatic nitrogens is 2. The van der Waals surface area contributed by atoms with E-state index >= 15 is 0 Å². The number of imidazole rings is 1. The van der Waals surface area contributed by atoms with Gasteiger partial charge in [-0.25, -0.2) is 4.98 Å². The van der Waals surface area contributed by atoms with Gasteiger partial charge in [0.1, 0.15) is 0 Å². The Bertz CT molecular complexity index is 563. The highest BCUT2D eigenvalue weighted by molar-refractivity contribution is 6.36. The number of fused-ring (bicyclic) bond motifs is 1. The molecule has 0 aromatic carbocycles. The fraction of sp³-hybridized carbons (Fsp3) is 0.300. The van der Waals surface area contributed by atoms with Crippen molar-refractivity contribution in [1.29, 1.82) is 0 Å². The maximum absolute atomic E-state index is 10.8. The molecule has 0 unspecified atom stereocenters. The molecule has 0 fully saturated rings. The first-order valence-corrected chi connectivity index (χ1v) is 5.50. The molecule has 0 aliphatic heterocycles. The number of hydrogen-bond acceptors (Lipinski definition) is 3. The average Bonchev–Trinajstić information content (AvgIpc) is 2.56. The van der Waals surface area contributed by atoms with Crippen molar-refractivity contribution in [3.63, 3.8) is 0 Å². The van der Waals surface area contributed by atoms with Crippen molar-refractivity contribution in [2.45, 2.75) is 19.8 Å². The first-order valence-electron chi connectivity index (χ1n) is 4.75. The molecule has 16 heavy (non-hydrogen) atoms. The lowest BCUT2D eigenvalue weighted by atomic mass is 10.1. The van der Waals surface area contributed by atoms with Crippen molar-refractivity contribution in [3.8, 4) is 0 Å². The van der Waals surface area contributed by atoms with E-state index in [4.69, 9.17) is 23.2 Å². The highest BCUT2D eigenvalue weighted by Gasteiger charge is 2.17. The monoisotopic (exact) mass is 257 g/mol. The number of rotatable bonds is 2. The molecular weight excluding hydrogens is 249 g/mol. The molecule has 0 saturated heterocycles. The highest BCUT2D eigenvalue weighted by Crippen LogP contribution is 2.32. The number of hydrogen-bond donors (Lipinski definition) is 0. The van der Waals surface area contributed by atoms with E-state index in [0.717, 1.165) is 0 Å². The largest absolute Gasteiger partial charge is 0.279 e. The maximum atomic E-state index is 10.8. The summed E-state index contributed by atoms with van der Waals surface area (Å²) in [6, 6.07) is 1.59. The Morgan fingerprint density at radius 1 is 1.44 bits per heavy atom. The molecule has 0 N–H and O–H groups in total. The van der Waals surface area contributed by atoms with Crippen LogP contribution in [0.1, 0.15) is 25.5 Å². The standard InChI is InChI=1S/C10H9Cl2N3O/c1-5(2)8-10(14-16)15-4-6(11)3-7(12)9(15)13-8/h3-5H,1-2H3. The Morgan fingerprint density at radius 2 is 2.12 bits per heavy atom. The number of pyridine rings is 1. The topological polar surface area (TPSA) is 46.7 Å². The maximum Gasteiger partial charge on any atom is 0.205 e. The molecule has 0 atom stereocenters. The van der Waals surface area contributed by atoms with E-state index in [-0.39, 0.29) is 11.7 Å². The molecule has 0 amide bonds. The molecule has 0 saturated carbocycles. The fourth-order valence-electron chi connectivity index (χ4n) is 1.56. The molecule has 4 nitrogen and oxygen atoms in total. The third-order valence-electron chi connectivity index (χ3n) is 2.28. The van der Waals surface area contributed by atoms with E-state index in [2.05, 4.69) is 10.2 Å². The van der Waals surface area contributed by atoms with Gasteiger partial charge >= 0.3 is 0 Å². The molecule has 2 heterocycles. The van der Waals surface area contributed by atoms with Crippen LogP contribution < -0.4 is 0 Å². The molecule has 0 aliphatic carbocycles. The zero-order valence-electron chi connectivity index (χ0n) is 8.74. The molecule has 0 bridgehead atoms. The van der Waals surface area contributed by atoms with Gasteiger partial charge < -0.3 is 0 Å². The summed E-state index contributed by atoms with van der Waals surface area (Å²) in [6.07, 6.45) is 1.58. The summed E-state index contributed by atoms with van der Waals surface area (Å²) in [4.78, 5) is 15.1. The van der Waals surface area contributed by atoms with Gasteiger partial charge in [0, 0.05) is 6.20 Å². The van der Waals surface area contributed by atoms with Crippen molar-refractivity contribution in [2.24, 2.45) is 5.18 Å². The quantitative estimate of drug-likeness (QED) is 0.759. The predicted molar refractivity (Wildman–Crippen MR) is 64.8 cm³/mol. The van der Waals surface area contributed by atoms with E-state index in [0.29, 0.717) is 21.4 Å². The second-order valence-corrected chi connectivity index (χ2v) is 4.61. The van der Waals surface area contributed by atoms with Crippen LogP contribution in [0.15, 0.2) is 17.4 Å². The summed E-state index contributed by atoms with van der Waals surface area (Å²) in [7, 11) is 0. The SMILES string of the molecule is CC(C)c1nc2c(Cl)cc(Cl)cn2c1N=O. The van der Waals surface area contributed by atoms with E-state index in [9.17, 15) is 4.91 Å². The van der Waals surface area contributed by atoms with Crippen LogP contribution in [-0.4, -0.2) is 9.38 Å². The summed E-state index contributed by atoms with van der Waals surface area (Å²) in [5, 5.41) is 3.84. The fourth-order valence-corrected chi connectivity index (χ4v) is 2.07. The lowest BCUT2D eigenvalue weighted by molar-refractivity contribution is 0.834. The van der Waals surface area contributed by atoms with Gasteiger partial charge in [0.25, 0.3) is 0 Å². The van der Waals surface area contributed by atoms with Crippen LogP contribution in [0.3, 0.4) is 0 Å². The molecule has 0 radical (unpaired) electrons. The molecule has 0 aliphatic rings. The van der Waals surface area contributed by atoms with Gasteiger partial charge in [-0.05, 0) is 17.2 Å². The van der Waals surface area contributed by atoms with Gasteiger partial charge in [0.05, 0.1) is 15.7 Å². The number of nitrogens with zero attached hydrogens (tertiary/aromatic N) is 3. The second kappa shape index (κ2) is 4.03. The van der Waals surface area contributed by atoms with Gasteiger partial charge in [0.15, 0.2) is 5.65 Å². The zero-order valence-corrected chi connectivity index (χ0v) is 10.2. The van der Waals surface area contributed by atoms with Crippen LogP contribution in [0.2, 0.25) is 10.0 Å². The Morgan fingerprint density at radius 3 is 2.69 bits per heavy atom. The molecule has 2 aromatic rings. The van der Waals surface area contributed by atoms with E-state index in [1.165, 1.54) is 4.40 Å². The molecule has 2 rings (SSSR count). The lowest BCUT2D eigenvalue weighted by Gasteiger charge is -1.99. The van der Waals surface area contributed by atoms with Gasteiger partial charge in [0.2, 0.25) is 5.82 Å². The normalized spacial score (nSPS) is 11.3. The van der Waals surface area contributed by atoms with Crippen molar-refractivity contribution in [1.82, 2.24) is 9.38 Å². The van der Waals surface area contributed by atoms with Crippen LogP contribution in [0.5, 0.6) is 0 Å². The predicted octanol–water partition coefficient (Wildman–Crippen LogP) is 4.16. The van der Waals surface area contributed by atoms with Crippen LogP contribution in [0.4, 0.5) is 5.82 Å². The average molecular weight is 258 g/mol. The molecule has 6 heteroatoms. The zero-order chi connectivity index (χ0) is 11.9. The van der Waals surface area contributed by atoms with Crippen LogP contribution >= 0.6 is 23.2 Å². The van der Waals surface area contributed by atoms with Crippen molar-refractivity contribution in [3.05, 3.63) is 32.9 Å². The van der Waals surface area contributed by atoms with Crippen molar-refractivity contribution >= 4 is 34.7 Å². The van der Waals surface area contributed by atoms with Gasteiger partial charge in [-0.2, -0.15) is 0 Å². The Labute approximate surface area is 102 Å². The molecule has 84 valence electrons. The van der Waals surface area contributed by atoms with Crippen LogP contribution in [0, 0.1) is 4.91 Å².